The largest absolute Gasteiger partial charge is 0.464 e. The number of methoxy groups -OCH3 is 1. The van der Waals surface area contributed by atoms with E-state index >= 15 is 0 Å². The molecule has 0 saturated heterocycles. The molecule has 1 aromatic rings. The van der Waals surface area contributed by atoms with Crippen LogP contribution in [-0.4, -0.2) is 43.6 Å². The lowest BCUT2D eigenvalue weighted by Gasteiger charge is -2.01. The SMILES string of the molecule is CCOC(=O)Nc1nc(C(=NOC)C(=O)OC)cs1. The van der Waals surface area contributed by atoms with Gasteiger partial charge in [0.25, 0.3) is 0 Å². The number of aromatic nitrogens is 1. The zero-order chi connectivity index (χ0) is 14.3. The zero-order valence-electron chi connectivity index (χ0n) is 10.6. The number of oxime groups is 1. The molecule has 104 valence electrons. The average Bonchev–Trinajstić information content (AvgIpc) is 2.83. The molecule has 0 aliphatic carbocycles. The van der Waals surface area contributed by atoms with Crippen LogP contribution in [-0.2, 0) is 19.1 Å². The van der Waals surface area contributed by atoms with E-state index in [-0.39, 0.29) is 23.1 Å². The summed E-state index contributed by atoms with van der Waals surface area (Å²) in [6, 6.07) is 0. The van der Waals surface area contributed by atoms with Crippen LogP contribution in [0.5, 0.6) is 0 Å². The van der Waals surface area contributed by atoms with Gasteiger partial charge in [-0.3, -0.25) is 5.32 Å². The van der Waals surface area contributed by atoms with Crippen LogP contribution < -0.4 is 5.32 Å². The van der Waals surface area contributed by atoms with Crippen molar-refractivity contribution in [2.45, 2.75) is 6.92 Å². The number of esters is 1. The number of nitrogens with one attached hydrogen (secondary N) is 1. The van der Waals surface area contributed by atoms with Crippen molar-refractivity contribution in [1.82, 2.24) is 4.98 Å². The van der Waals surface area contributed by atoms with Gasteiger partial charge in [0, 0.05) is 5.38 Å². The number of carbonyl (C=O) groups excluding carboxylic acids is 2. The van der Waals surface area contributed by atoms with Gasteiger partial charge >= 0.3 is 12.1 Å². The van der Waals surface area contributed by atoms with Crippen molar-refractivity contribution in [3.63, 3.8) is 0 Å². The highest BCUT2D eigenvalue weighted by molar-refractivity contribution is 7.14. The maximum Gasteiger partial charge on any atom is 0.413 e. The van der Waals surface area contributed by atoms with E-state index in [2.05, 4.69) is 25.0 Å². The number of anilines is 1. The van der Waals surface area contributed by atoms with Crippen LogP contribution in [0.3, 0.4) is 0 Å². The molecule has 1 aromatic heterocycles. The predicted molar refractivity (Wildman–Crippen MR) is 68.3 cm³/mol. The summed E-state index contributed by atoms with van der Waals surface area (Å²) in [5.74, 6) is -0.685. The van der Waals surface area contributed by atoms with Crippen LogP contribution in [0.2, 0.25) is 0 Å². The number of nitrogens with zero attached hydrogens (tertiary/aromatic N) is 2. The van der Waals surface area contributed by atoms with Gasteiger partial charge in [-0.1, -0.05) is 5.16 Å². The van der Waals surface area contributed by atoms with Crippen molar-refractivity contribution in [2.75, 3.05) is 26.1 Å². The molecule has 0 fully saturated rings. The zero-order valence-corrected chi connectivity index (χ0v) is 11.4. The molecule has 0 spiro atoms. The van der Waals surface area contributed by atoms with E-state index in [4.69, 9.17) is 4.74 Å². The van der Waals surface area contributed by atoms with Crippen molar-refractivity contribution in [2.24, 2.45) is 5.16 Å². The smallest absolute Gasteiger partial charge is 0.413 e. The fourth-order valence-electron chi connectivity index (χ4n) is 1.07. The van der Waals surface area contributed by atoms with Crippen LogP contribution in [0, 0.1) is 0 Å². The molecule has 1 N–H and O–H groups in total. The lowest BCUT2D eigenvalue weighted by Crippen LogP contribution is -2.18. The highest BCUT2D eigenvalue weighted by atomic mass is 32.1. The Morgan fingerprint density at radius 1 is 1.47 bits per heavy atom. The average molecular weight is 287 g/mol. The maximum atomic E-state index is 11.5. The predicted octanol–water partition coefficient (Wildman–Crippen LogP) is 1.23. The monoisotopic (exact) mass is 287 g/mol. The first-order chi connectivity index (χ1) is 9.12. The first-order valence-electron chi connectivity index (χ1n) is 5.21. The van der Waals surface area contributed by atoms with Crippen LogP contribution in [0.15, 0.2) is 10.5 Å². The van der Waals surface area contributed by atoms with Gasteiger partial charge in [0.1, 0.15) is 12.8 Å². The Morgan fingerprint density at radius 2 is 2.21 bits per heavy atom. The molecule has 1 heterocycles. The van der Waals surface area contributed by atoms with E-state index in [0.717, 1.165) is 11.3 Å². The van der Waals surface area contributed by atoms with E-state index in [1.807, 2.05) is 0 Å². The van der Waals surface area contributed by atoms with Gasteiger partial charge in [-0.2, -0.15) is 0 Å². The molecule has 8 nitrogen and oxygen atoms in total. The Kier molecular flexibility index (Phi) is 5.73. The minimum Gasteiger partial charge on any atom is -0.464 e. The molecule has 19 heavy (non-hydrogen) atoms. The van der Waals surface area contributed by atoms with E-state index < -0.39 is 12.1 Å². The minimum absolute atomic E-state index is 0.0850. The maximum absolute atomic E-state index is 11.5. The molecule has 0 aromatic carbocycles. The molecule has 0 aliphatic rings. The molecular formula is C10H13N3O5S. The summed E-state index contributed by atoms with van der Waals surface area (Å²) in [5, 5.41) is 7.77. The van der Waals surface area contributed by atoms with E-state index in [0.29, 0.717) is 0 Å². The van der Waals surface area contributed by atoms with Gasteiger partial charge in [-0.25, -0.2) is 14.6 Å². The Bertz CT molecular complexity index is 485. The third kappa shape index (κ3) is 4.21. The second-order valence-electron chi connectivity index (χ2n) is 3.00. The minimum atomic E-state index is -0.685. The Hall–Kier alpha value is -2.16. The van der Waals surface area contributed by atoms with Crippen LogP contribution in [0.4, 0.5) is 9.93 Å². The first kappa shape index (κ1) is 14.9. The first-order valence-corrected chi connectivity index (χ1v) is 6.09. The third-order valence-corrected chi connectivity index (χ3v) is 2.55. The van der Waals surface area contributed by atoms with Gasteiger partial charge in [-0.15, -0.1) is 11.3 Å². The normalized spacial score (nSPS) is 10.8. The highest BCUT2D eigenvalue weighted by Crippen LogP contribution is 2.17. The fourth-order valence-corrected chi connectivity index (χ4v) is 1.75. The van der Waals surface area contributed by atoms with Gasteiger partial charge in [-0.05, 0) is 6.92 Å². The molecule has 0 unspecified atom stereocenters. The summed E-state index contributed by atoms with van der Waals surface area (Å²) in [7, 11) is 2.52. The number of amides is 1. The number of ether oxygens (including phenoxy) is 2. The number of carbonyl (C=O) groups is 2. The van der Waals surface area contributed by atoms with Crippen LogP contribution >= 0.6 is 11.3 Å². The molecule has 0 aliphatic heterocycles. The molecule has 0 radical (unpaired) electrons. The van der Waals surface area contributed by atoms with Gasteiger partial charge in [0.2, 0.25) is 5.71 Å². The standard InChI is InChI=1S/C10H13N3O5S/c1-4-18-10(15)12-9-11-6(5-19-9)7(13-17-3)8(14)16-2/h5H,4H2,1-3H3,(H,11,12,15). The number of hydrogen-bond donors (Lipinski definition) is 1. The van der Waals surface area contributed by atoms with Gasteiger partial charge in [0.15, 0.2) is 5.13 Å². The molecule has 0 bridgehead atoms. The Labute approximate surface area is 113 Å². The molecule has 0 atom stereocenters. The number of rotatable bonds is 5. The summed E-state index contributed by atoms with van der Waals surface area (Å²) >= 11 is 1.12. The number of hydrogen-bond acceptors (Lipinski definition) is 8. The van der Waals surface area contributed by atoms with Crippen molar-refractivity contribution >= 4 is 34.2 Å². The van der Waals surface area contributed by atoms with E-state index in [1.165, 1.54) is 19.6 Å². The Balaban J connectivity index is 2.85. The molecule has 9 heteroatoms. The lowest BCUT2D eigenvalue weighted by molar-refractivity contribution is -0.132. The molecule has 1 amide bonds. The van der Waals surface area contributed by atoms with Crippen LogP contribution in [0.1, 0.15) is 12.6 Å². The van der Waals surface area contributed by atoms with E-state index in [9.17, 15) is 9.59 Å². The summed E-state index contributed by atoms with van der Waals surface area (Å²) in [4.78, 5) is 31.2. The van der Waals surface area contributed by atoms with Gasteiger partial charge < -0.3 is 14.3 Å². The summed E-state index contributed by atoms with van der Waals surface area (Å²) in [6.07, 6.45) is -0.619. The van der Waals surface area contributed by atoms with E-state index in [1.54, 1.807) is 6.92 Å². The fraction of sp³-hybridized carbons (Fsp3) is 0.400. The molecule has 1 rings (SSSR count). The molecular weight excluding hydrogens is 274 g/mol. The second kappa shape index (κ2) is 7.31. The topological polar surface area (TPSA) is 99.1 Å². The summed E-state index contributed by atoms with van der Waals surface area (Å²) in [5.41, 5.74) is 0.156. The Morgan fingerprint density at radius 3 is 2.79 bits per heavy atom. The third-order valence-electron chi connectivity index (χ3n) is 1.79. The van der Waals surface area contributed by atoms with Crippen molar-refractivity contribution in [1.29, 1.82) is 0 Å². The second-order valence-corrected chi connectivity index (χ2v) is 3.86. The van der Waals surface area contributed by atoms with Crippen molar-refractivity contribution in [3.8, 4) is 0 Å². The van der Waals surface area contributed by atoms with Crippen molar-refractivity contribution < 1.29 is 23.9 Å². The summed E-state index contributed by atoms with van der Waals surface area (Å²) < 4.78 is 9.25. The van der Waals surface area contributed by atoms with Crippen LogP contribution in [0.25, 0.3) is 0 Å². The highest BCUT2D eigenvalue weighted by Gasteiger charge is 2.19. The quantitative estimate of drug-likeness (QED) is 0.497. The molecule has 0 saturated carbocycles. The lowest BCUT2D eigenvalue weighted by atomic mass is 10.3. The van der Waals surface area contributed by atoms with Crippen molar-refractivity contribution in [3.05, 3.63) is 11.1 Å². The van der Waals surface area contributed by atoms with Gasteiger partial charge in [0.05, 0.1) is 13.7 Å². The number of thiazole rings is 1. The summed E-state index contributed by atoms with van der Waals surface area (Å²) in [6.45, 7) is 1.94.